The highest BCUT2D eigenvalue weighted by Crippen LogP contribution is 2.28. The molecule has 4 N–H and O–H groups in total. The van der Waals surface area contributed by atoms with Gasteiger partial charge in [-0.2, -0.15) is 0 Å². The van der Waals surface area contributed by atoms with E-state index in [2.05, 4.69) is 45.2 Å². The highest BCUT2D eigenvalue weighted by molar-refractivity contribution is 5.75. The third-order valence-electron chi connectivity index (χ3n) is 4.09. The van der Waals surface area contributed by atoms with Gasteiger partial charge in [-0.3, -0.25) is 0 Å². The number of likely N-dealkylation sites (N-methyl/N-ethyl adjacent to an activating group) is 1. The van der Waals surface area contributed by atoms with Crippen molar-refractivity contribution < 1.29 is 0 Å². The zero-order valence-corrected chi connectivity index (χ0v) is 12.5. The number of aromatic nitrogens is 1. The van der Waals surface area contributed by atoms with Crippen LogP contribution in [0.15, 0.2) is 36.5 Å². The van der Waals surface area contributed by atoms with Gasteiger partial charge in [0, 0.05) is 38.1 Å². The van der Waals surface area contributed by atoms with Gasteiger partial charge in [0.2, 0.25) is 0 Å². The summed E-state index contributed by atoms with van der Waals surface area (Å²) in [6.07, 6.45) is 1.89. The Morgan fingerprint density at radius 3 is 2.62 bits per heavy atom. The molecule has 0 saturated carbocycles. The lowest BCUT2D eigenvalue weighted by Gasteiger charge is -2.35. The molecule has 1 aliphatic rings. The topological polar surface area (TPSA) is 60.3 Å². The number of aromatic amines is 1. The lowest BCUT2D eigenvalue weighted by molar-refractivity contribution is 0.271. The molecule has 0 bridgehead atoms. The van der Waals surface area contributed by atoms with Crippen LogP contribution in [0.2, 0.25) is 0 Å². The molecule has 21 heavy (non-hydrogen) atoms. The third-order valence-corrected chi connectivity index (χ3v) is 4.09. The number of benzene rings is 1. The highest BCUT2D eigenvalue weighted by Gasteiger charge is 2.16. The summed E-state index contributed by atoms with van der Waals surface area (Å²) in [7, 11) is 0. The molecule has 0 radical (unpaired) electrons. The molecule has 1 saturated heterocycles. The fourth-order valence-electron chi connectivity index (χ4n) is 2.74. The van der Waals surface area contributed by atoms with Gasteiger partial charge in [-0.05, 0) is 36.9 Å². The molecule has 2 heterocycles. The van der Waals surface area contributed by atoms with Crippen molar-refractivity contribution in [3.8, 4) is 0 Å². The van der Waals surface area contributed by atoms with E-state index in [0.29, 0.717) is 0 Å². The van der Waals surface area contributed by atoms with Crippen LogP contribution in [0.25, 0.3) is 0 Å². The molecule has 0 amide bonds. The second-order valence-electron chi connectivity index (χ2n) is 5.40. The number of piperazine rings is 1. The predicted octanol–water partition coefficient (Wildman–Crippen LogP) is 2.48. The Kier molecular flexibility index (Phi) is 4.01. The Balaban J connectivity index is 1.69. The normalized spacial score (nSPS) is 16.1. The maximum Gasteiger partial charge on any atom is 0.107 e. The van der Waals surface area contributed by atoms with Crippen LogP contribution in [0.3, 0.4) is 0 Å². The first-order valence-corrected chi connectivity index (χ1v) is 7.53. The average Bonchev–Trinajstić information content (AvgIpc) is 3.02. The molecule has 1 fully saturated rings. The van der Waals surface area contributed by atoms with Gasteiger partial charge >= 0.3 is 0 Å². The Labute approximate surface area is 125 Å². The Morgan fingerprint density at radius 1 is 1.19 bits per heavy atom. The fraction of sp³-hybridized carbons (Fsp3) is 0.375. The number of anilines is 4. The summed E-state index contributed by atoms with van der Waals surface area (Å²) in [5.41, 5.74) is 9.11. The van der Waals surface area contributed by atoms with Gasteiger partial charge < -0.3 is 25.8 Å². The average molecular weight is 285 g/mol. The Hall–Kier alpha value is -2.14. The van der Waals surface area contributed by atoms with E-state index in [0.717, 1.165) is 49.9 Å². The molecule has 3 rings (SSSR count). The summed E-state index contributed by atoms with van der Waals surface area (Å²) in [5.74, 6) is 0.950. The van der Waals surface area contributed by atoms with Crippen LogP contribution in [0.1, 0.15) is 6.92 Å². The zero-order valence-electron chi connectivity index (χ0n) is 12.5. The smallest absolute Gasteiger partial charge is 0.107 e. The quantitative estimate of drug-likeness (QED) is 0.755. The zero-order chi connectivity index (χ0) is 14.7. The van der Waals surface area contributed by atoms with Crippen LogP contribution in [-0.2, 0) is 0 Å². The molecular weight excluding hydrogens is 262 g/mol. The summed E-state index contributed by atoms with van der Waals surface area (Å²) in [4.78, 5) is 8.00. The van der Waals surface area contributed by atoms with E-state index in [1.165, 1.54) is 5.69 Å². The van der Waals surface area contributed by atoms with Gasteiger partial charge in [0.1, 0.15) is 5.82 Å². The van der Waals surface area contributed by atoms with Gasteiger partial charge in [-0.25, -0.2) is 0 Å². The number of rotatable bonds is 4. The van der Waals surface area contributed by atoms with E-state index in [-0.39, 0.29) is 0 Å². The van der Waals surface area contributed by atoms with Crippen LogP contribution >= 0.6 is 0 Å². The van der Waals surface area contributed by atoms with E-state index >= 15 is 0 Å². The number of nitrogens with one attached hydrogen (secondary N) is 2. The van der Waals surface area contributed by atoms with Crippen LogP contribution in [0, 0.1) is 0 Å². The van der Waals surface area contributed by atoms with E-state index in [4.69, 9.17) is 5.73 Å². The van der Waals surface area contributed by atoms with Crippen LogP contribution in [0.5, 0.6) is 0 Å². The molecule has 2 aromatic rings. The second kappa shape index (κ2) is 6.10. The highest BCUT2D eigenvalue weighted by atomic mass is 15.3. The van der Waals surface area contributed by atoms with Crippen molar-refractivity contribution in [3.63, 3.8) is 0 Å². The van der Waals surface area contributed by atoms with E-state index < -0.39 is 0 Å². The molecule has 5 heteroatoms. The van der Waals surface area contributed by atoms with Gasteiger partial charge in [0.15, 0.2) is 0 Å². The molecule has 1 aromatic carbocycles. The van der Waals surface area contributed by atoms with E-state index in [9.17, 15) is 0 Å². The molecule has 0 spiro atoms. The minimum atomic E-state index is 0.778. The maximum absolute atomic E-state index is 6.18. The second-order valence-corrected chi connectivity index (χ2v) is 5.40. The van der Waals surface area contributed by atoms with E-state index in [1.54, 1.807) is 0 Å². The van der Waals surface area contributed by atoms with Crippen LogP contribution in [0.4, 0.5) is 22.9 Å². The number of H-pyrrole nitrogens is 1. The Morgan fingerprint density at radius 2 is 2.00 bits per heavy atom. The van der Waals surface area contributed by atoms with Crippen molar-refractivity contribution in [1.82, 2.24) is 9.88 Å². The largest absolute Gasteiger partial charge is 0.397 e. The number of nitrogen functional groups attached to an aromatic ring is 1. The van der Waals surface area contributed by atoms with Crippen LogP contribution < -0.4 is 16.0 Å². The van der Waals surface area contributed by atoms with Gasteiger partial charge in [-0.1, -0.05) is 6.92 Å². The molecule has 5 nitrogen and oxygen atoms in total. The van der Waals surface area contributed by atoms with Crippen molar-refractivity contribution >= 4 is 22.9 Å². The minimum absolute atomic E-state index is 0.778. The first-order valence-electron chi connectivity index (χ1n) is 7.53. The summed E-state index contributed by atoms with van der Waals surface area (Å²) in [5, 5.41) is 3.29. The number of hydrogen-bond acceptors (Lipinski definition) is 4. The first kappa shape index (κ1) is 13.8. The summed E-state index contributed by atoms with van der Waals surface area (Å²) in [6, 6.07) is 10.2. The SMILES string of the molecule is CCN1CCN(c2ccc(Nc3ccc[nH]3)c(N)c2)CC1. The third kappa shape index (κ3) is 3.13. The van der Waals surface area contributed by atoms with Gasteiger partial charge in [-0.15, -0.1) is 0 Å². The molecular formula is C16H23N5. The molecule has 1 aliphatic heterocycles. The van der Waals surface area contributed by atoms with Gasteiger partial charge in [0.25, 0.3) is 0 Å². The van der Waals surface area contributed by atoms with Crippen molar-refractivity contribution in [2.24, 2.45) is 0 Å². The maximum atomic E-state index is 6.18. The monoisotopic (exact) mass is 285 g/mol. The standard InChI is InChI=1S/C16H23N5/c1-2-20-8-10-21(11-9-20)13-5-6-15(14(17)12-13)19-16-4-3-7-18-16/h3-7,12,18-19H,2,8-11,17H2,1H3. The minimum Gasteiger partial charge on any atom is -0.397 e. The lowest BCUT2D eigenvalue weighted by Crippen LogP contribution is -2.46. The molecule has 1 aromatic heterocycles. The van der Waals surface area contributed by atoms with Crippen molar-refractivity contribution in [2.75, 3.05) is 48.7 Å². The number of nitrogens with zero attached hydrogens (tertiary/aromatic N) is 2. The summed E-state index contributed by atoms with van der Waals surface area (Å²) >= 11 is 0. The van der Waals surface area contributed by atoms with Crippen molar-refractivity contribution in [3.05, 3.63) is 36.5 Å². The molecule has 0 unspecified atom stereocenters. The summed E-state index contributed by atoms with van der Waals surface area (Å²) < 4.78 is 0. The number of nitrogens with two attached hydrogens (primary N) is 1. The molecule has 0 atom stereocenters. The lowest BCUT2D eigenvalue weighted by atomic mass is 10.2. The Bertz CT molecular complexity index is 570. The van der Waals surface area contributed by atoms with Crippen LogP contribution in [-0.4, -0.2) is 42.6 Å². The predicted molar refractivity (Wildman–Crippen MR) is 89.3 cm³/mol. The van der Waals surface area contributed by atoms with E-state index in [1.807, 2.05) is 18.3 Å². The van der Waals surface area contributed by atoms with Gasteiger partial charge in [0.05, 0.1) is 11.4 Å². The van der Waals surface area contributed by atoms with Crippen molar-refractivity contribution in [2.45, 2.75) is 6.92 Å². The molecule has 112 valence electrons. The number of hydrogen-bond donors (Lipinski definition) is 3. The molecule has 0 aliphatic carbocycles. The first-order chi connectivity index (χ1) is 10.3. The summed E-state index contributed by atoms with van der Waals surface area (Å²) in [6.45, 7) is 7.73. The fourth-order valence-corrected chi connectivity index (χ4v) is 2.74. The van der Waals surface area contributed by atoms with Crippen molar-refractivity contribution in [1.29, 1.82) is 0 Å².